The Morgan fingerprint density at radius 2 is 2.18 bits per heavy atom. The second kappa shape index (κ2) is 3.07. The molecule has 0 aliphatic rings. The van der Waals surface area contributed by atoms with Gasteiger partial charge in [-0.05, 0) is 12.1 Å². The van der Waals surface area contributed by atoms with Crippen LogP contribution in [0.3, 0.4) is 0 Å². The van der Waals surface area contributed by atoms with Crippen molar-refractivity contribution in [1.29, 1.82) is 0 Å². The normalized spacial score (nSPS) is 10.1. The lowest BCUT2D eigenvalue weighted by molar-refractivity contribution is 0.276. The van der Waals surface area contributed by atoms with E-state index >= 15 is 0 Å². The molecule has 0 aliphatic heterocycles. The average Bonchev–Trinajstić information content (AvgIpc) is 1.99. The van der Waals surface area contributed by atoms with Crippen molar-refractivity contribution < 1.29 is 9.50 Å². The van der Waals surface area contributed by atoms with Crippen LogP contribution in [0.4, 0.5) is 10.1 Å². The van der Waals surface area contributed by atoms with Crippen LogP contribution in [0.25, 0.3) is 0 Å². The molecule has 1 aromatic rings. The van der Waals surface area contributed by atoms with Crippen molar-refractivity contribution in [3.8, 4) is 0 Å². The lowest BCUT2D eigenvalue weighted by Gasteiger charge is -2.03. The van der Waals surface area contributed by atoms with Gasteiger partial charge in [0.05, 0.1) is 12.3 Å². The largest absolute Gasteiger partial charge is 0.396 e. The number of hydrogen-bond acceptors (Lipinski definition) is 2. The van der Waals surface area contributed by atoms with E-state index in [0.29, 0.717) is 0 Å². The Morgan fingerprint density at radius 3 is 2.64 bits per heavy atom. The number of benzene rings is 1. The van der Waals surface area contributed by atoms with Crippen molar-refractivity contribution in [2.24, 2.45) is 0 Å². The van der Waals surface area contributed by atoms with Crippen LogP contribution in [0, 0.1) is 5.82 Å². The van der Waals surface area contributed by atoms with Gasteiger partial charge in [0.15, 0.2) is 5.82 Å². The monoisotopic (exact) mass is 175 g/mol. The molecule has 0 radical (unpaired) electrons. The smallest absolute Gasteiger partial charge is 0.153 e. The standard InChI is InChI=1S/C7H7ClFNO/c8-5-1-2-6(10)7(9)4(5)3-11/h1-2,11H,3,10H2. The van der Waals surface area contributed by atoms with Crippen molar-refractivity contribution in [2.75, 3.05) is 5.73 Å². The van der Waals surface area contributed by atoms with E-state index in [2.05, 4.69) is 0 Å². The Bertz CT molecular complexity index is 277. The minimum Gasteiger partial charge on any atom is -0.396 e. The number of nitrogen functional groups attached to an aromatic ring is 1. The fourth-order valence-corrected chi connectivity index (χ4v) is 0.966. The first-order chi connectivity index (χ1) is 5.16. The van der Waals surface area contributed by atoms with E-state index in [-0.39, 0.29) is 16.3 Å². The Morgan fingerprint density at radius 1 is 1.55 bits per heavy atom. The first kappa shape index (κ1) is 8.30. The molecule has 0 saturated heterocycles. The Labute approximate surface area is 68.4 Å². The predicted molar refractivity (Wildman–Crippen MR) is 41.7 cm³/mol. The van der Waals surface area contributed by atoms with Gasteiger partial charge < -0.3 is 10.8 Å². The molecule has 11 heavy (non-hydrogen) atoms. The van der Waals surface area contributed by atoms with Crippen LogP contribution in [-0.4, -0.2) is 5.11 Å². The van der Waals surface area contributed by atoms with Crippen LogP contribution in [0.1, 0.15) is 5.56 Å². The molecular formula is C7H7ClFNO. The maximum atomic E-state index is 12.9. The van der Waals surface area contributed by atoms with E-state index in [9.17, 15) is 4.39 Å². The van der Waals surface area contributed by atoms with Crippen molar-refractivity contribution in [1.82, 2.24) is 0 Å². The van der Waals surface area contributed by atoms with Crippen LogP contribution in [0.15, 0.2) is 12.1 Å². The minimum absolute atomic E-state index is 0.00144. The molecule has 4 heteroatoms. The topological polar surface area (TPSA) is 46.2 Å². The van der Waals surface area contributed by atoms with Crippen LogP contribution in [0.2, 0.25) is 5.02 Å². The number of nitrogens with two attached hydrogens (primary N) is 1. The lowest BCUT2D eigenvalue weighted by atomic mass is 10.2. The van der Waals surface area contributed by atoms with Gasteiger partial charge >= 0.3 is 0 Å². The zero-order valence-electron chi connectivity index (χ0n) is 5.64. The predicted octanol–water partition coefficient (Wildman–Crippen LogP) is 1.55. The third-order valence-electron chi connectivity index (χ3n) is 1.37. The summed E-state index contributed by atoms with van der Waals surface area (Å²) in [7, 11) is 0. The highest BCUT2D eigenvalue weighted by atomic mass is 35.5. The van der Waals surface area contributed by atoms with Gasteiger partial charge in [-0.3, -0.25) is 0 Å². The molecule has 0 spiro atoms. The van der Waals surface area contributed by atoms with E-state index in [0.717, 1.165) is 0 Å². The second-order valence-corrected chi connectivity index (χ2v) is 2.49. The molecular weight excluding hydrogens is 169 g/mol. The highest BCUT2D eigenvalue weighted by Gasteiger charge is 2.08. The van der Waals surface area contributed by atoms with Gasteiger partial charge in [-0.1, -0.05) is 11.6 Å². The molecule has 1 aromatic carbocycles. The Balaban J connectivity index is 3.29. The minimum atomic E-state index is -0.639. The Hall–Kier alpha value is -0.800. The molecule has 0 aliphatic carbocycles. The van der Waals surface area contributed by atoms with Crippen LogP contribution in [0.5, 0.6) is 0 Å². The van der Waals surface area contributed by atoms with E-state index in [1.165, 1.54) is 12.1 Å². The molecule has 3 N–H and O–H groups in total. The van der Waals surface area contributed by atoms with E-state index < -0.39 is 12.4 Å². The van der Waals surface area contributed by atoms with Gasteiger partial charge in [-0.2, -0.15) is 0 Å². The van der Waals surface area contributed by atoms with Gasteiger partial charge in [0.25, 0.3) is 0 Å². The molecule has 0 amide bonds. The summed E-state index contributed by atoms with van der Waals surface area (Å²) < 4.78 is 12.9. The summed E-state index contributed by atoms with van der Waals surface area (Å²) in [4.78, 5) is 0. The van der Waals surface area contributed by atoms with Gasteiger partial charge in [0, 0.05) is 10.6 Å². The molecule has 60 valence electrons. The van der Waals surface area contributed by atoms with Crippen molar-refractivity contribution in [3.05, 3.63) is 28.5 Å². The first-order valence-electron chi connectivity index (χ1n) is 3.00. The number of rotatable bonds is 1. The molecule has 2 nitrogen and oxygen atoms in total. The molecule has 0 heterocycles. The lowest BCUT2D eigenvalue weighted by Crippen LogP contribution is -1.97. The first-order valence-corrected chi connectivity index (χ1v) is 3.38. The van der Waals surface area contributed by atoms with E-state index in [1.807, 2.05) is 0 Å². The van der Waals surface area contributed by atoms with Gasteiger partial charge in [0.2, 0.25) is 0 Å². The van der Waals surface area contributed by atoms with Crippen LogP contribution < -0.4 is 5.73 Å². The summed E-state index contributed by atoms with van der Waals surface area (Å²) in [5, 5.41) is 8.84. The highest BCUT2D eigenvalue weighted by molar-refractivity contribution is 6.31. The number of aliphatic hydroxyl groups excluding tert-OH is 1. The van der Waals surface area contributed by atoms with E-state index in [4.69, 9.17) is 22.4 Å². The van der Waals surface area contributed by atoms with Crippen LogP contribution in [-0.2, 0) is 6.61 Å². The maximum Gasteiger partial charge on any atom is 0.153 e. The van der Waals surface area contributed by atoms with Crippen molar-refractivity contribution in [2.45, 2.75) is 6.61 Å². The summed E-state index contributed by atoms with van der Waals surface area (Å²) in [5.74, 6) is -0.639. The zero-order valence-corrected chi connectivity index (χ0v) is 6.40. The number of hydrogen-bond donors (Lipinski definition) is 2. The van der Waals surface area contributed by atoms with Gasteiger partial charge in [0.1, 0.15) is 0 Å². The summed E-state index contributed by atoms with van der Waals surface area (Å²) >= 11 is 5.55. The summed E-state index contributed by atoms with van der Waals surface area (Å²) in [6.45, 7) is -0.435. The average molecular weight is 176 g/mol. The summed E-state index contributed by atoms with van der Waals surface area (Å²) in [5.41, 5.74) is 5.27. The molecule has 0 unspecified atom stereocenters. The summed E-state index contributed by atoms with van der Waals surface area (Å²) in [6, 6.07) is 2.81. The highest BCUT2D eigenvalue weighted by Crippen LogP contribution is 2.23. The fraction of sp³-hybridized carbons (Fsp3) is 0.143. The SMILES string of the molecule is Nc1ccc(Cl)c(CO)c1F. The van der Waals surface area contributed by atoms with E-state index in [1.54, 1.807) is 0 Å². The maximum absolute atomic E-state index is 12.9. The fourth-order valence-electron chi connectivity index (χ4n) is 0.761. The van der Waals surface area contributed by atoms with Crippen LogP contribution >= 0.6 is 11.6 Å². The third kappa shape index (κ3) is 1.44. The third-order valence-corrected chi connectivity index (χ3v) is 1.73. The van der Waals surface area contributed by atoms with Crippen molar-refractivity contribution in [3.63, 3.8) is 0 Å². The number of halogens is 2. The number of anilines is 1. The van der Waals surface area contributed by atoms with Gasteiger partial charge in [-0.25, -0.2) is 4.39 Å². The zero-order chi connectivity index (χ0) is 8.43. The molecule has 1 rings (SSSR count). The molecule has 0 saturated carbocycles. The van der Waals surface area contributed by atoms with Crippen molar-refractivity contribution >= 4 is 17.3 Å². The second-order valence-electron chi connectivity index (χ2n) is 2.09. The quantitative estimate of drug-likeness (QED) is 0.637. The summed E-state index contributed by atoms with van der Waals surface area (Å²) in [6.07, 6.45) is 0. The Kier molecular flexibility index (Phi) is 2.31. The number of aliphatic hydroxyl groups is 1. The molecule has 0 aromatic heterocycles. The van der Waals surface area contributed by atoms with Gasteiger partial charge in [-0.15, -0.1) is 0 Å². The molecule has 0 fully saturated rings. The molecule has 0 atom stereocenters. The molecule has 0 bridgehead atoms.